The molecule has 0 aromatic heterocycles. The van der Waals surface area contributed by atoms with Gasteiger partial charge in [0.05, 0.1) is 5.56 Å². The third kappa shape index (κ3) is 4.33. The van der Waals surface area contributed by atoms with Gasteiger partial charge in [-0.1, -0.05) is 15.9 Å². The van der Waals surface area contributed by atoms with Crippen molar-refractivity contribution in [2.45, 2.75) is 31.7 Å². The van der Waals surface area contributed by atoms with Gasteiger partial charge in [-0.05, 0) is 68.1 Å². The van der Waals surface area contributed by atoms with Crippen LogP contribution in [0, 0.1) is 0 Å². The second-order valence-electron chi connectivity index (χ2n) is 7.13. The molecule has 1 saturated carbocycles. The van der Waals surface area contributed by atoms with E-state index in [4.69, 9.17) is 0 Å². The van der Waals surface area contributed by atoms with Gasteiger partial charge in [0.25, 0.3) is 11.8 Å². The number of benzene rings is 2. The van der Waals surface area contributed by atoms with E-state index in [0.717, 1.165) is 48.9 Å². The van der Waals surface area contributed by atoms with Crippen LogP contribution < -0.4 is 15.5 Å². The second-order valence-corrected chi connectivity index (χ2v) is 8.05. The van der Waals surface area contributed by atoms with E-state index in [0.29, 0.717) is 22.9 Å². The average Bonchev–Trinajstić information content (AvgIpc) is 3.31. The van der Waals surface area contributed by atoms with Crippen LogP contribution in [-0.2, 0) is 0 Å². The maximum atomic E-state index is 12.8. The first-order chi connectivity index (χ1) is 13.1. The van der Waals surface area contributed by atoms with E-state index in [-0.39, 0.29) is 11.8 Å². The summed E-state index contributed by atoms with van der Waals surface area (Å²) in [4.78, 5) is 27.5. The van der Waals surface area contributed by atoms with Gasteiger partial charge < -0.3 is 15.5 Å². The van der Waals surface area contributed by atoms with E-state index in [1.165, 1.54) is 0 Å². The molecule has 2 N–H and O–H groups in total. The van der Waals surface area contributed by atoms with Gasteiger partial charge in [0.15, 0.2) is 0 Å². The molecule has 0 radical (unpaired) electrons. The predicted molar refractivity (Wildman–Crippen MR) is 110 cm³/mol. The maximum Gasteiger partial charge on any atom is 0.255 e. The van der Waals surface area contributed by atoms with Crippen LogP contribution in [0.25, 0.3) is 0 Å². The molecule has 0 bridgehead atoms. The smallest absolute Gasteiger partial charge is 0.255 e. The lowest BCUT2D eigenvalue weighted by molar-refractivity contribution is 0.0950. The molecule has 5 nitrogen and oxygen atoms in total. The molecule has 0 unspecified atom stereocenters. The van der Waals surface area contributed by atoms with Gasteiger partial charge >= 0.3 is 0 Å². The Bertz CT molecular complexity index is 856. The Hall–Kier alpha value is -2.34. The summed E-state index contributed by atoms with van der Waals surface area (Å²) in [6.07, 6.45) is 4.38. The average molecular weight is 428 g/mol. The van der Waals surface area contributed by atoms with Crippen molar-refractivity contribution in [1.29, 1.82) is 0 Å². The van der Waals surface area contributed by atoms with Gasteiger partial charge in [0.1, 0.15) is 0 Å². The summed E-state index contributed by atoms with van der Waals surface area (Å²) >= 11 is 3.37. The van der Waals surface area contributed by atoms with Crippen molar-refractivity contribution >= 4 is 39.1 Å². The molecular weight excluding hydrogens is 406 g/mol. The molecule has 2 amide bonds. The molecule has 2 aromatic carbocycles. The summed E-state index contributed by atoms with van der Waals surface area (Å²) in [5, 5.41) is 5.98. The topological polar surface area (TPSA) is 61.4 Å². The Labute approximate surface area is 167 Å². The lowest BCUT2D eigenvalue weighted by Crippen LogP contribution is -2.29. The van der Waals surface area contributed by atoms with Gasteiger partial charge in [-0.3, -0.25) is 9.59 Å². The molecule has 2 aliphatic rings. The van der Waals surface area contributed by atoms with Crippen LogP contribution in [0.5, 0.6) is 0 Å². The van der Waals surface area contributed by atoms with Crippen molar-refractivity contribution in [1.82, 2.24) is 5.32 Å². The van der Waals surface area contributed by atoms with Gasteiger partial charge in [-0.25, -0.2) is 0 Å². The third-order valence-electron chi connectivity index (χ3n) is 4.96. The number of hydrogen-bond donors (Lipinski definition) is 2. The minimum Gasteiger partial charge on any atom is -0.371 e. The number of anilines is 2. The lowest BCUT2D eigenvalue weighted by atomic mass is 10.1. The molecule has 1 heterocycles. The Morgan fingerprint density at radius 3 is 2.33 bits per heavy atom. The quantitative estimate of drug-likeness (QED) is 0.751. The molecule has 2 aromatic rings. The zero-order valence-corrected chi connectivity index (χ0v) is 16.6. The SMILES string of the molecule is O=C(Nc1ccc(N2CCCC2)c(C(=O)NC2CC2)c1)c1ccc(Br)cc1. The van der Waals surface area contributed by atoms with Gasteiger partial charge in [0, 0.05) is 40.5 Å². The Morgan fingerprint density at radius 2 is 1.67 bits per heavy atom. The maximum absolute atomic E-state index is 12.8. The number of amides is 2. The van der Waals surface area contributed by atoms with Crippen LogP contribution in [-0.4, -0.2) is 30.9 Å². The number of nitrogens with one attached hydrogen (secondary N) is 2. The molecule has 1 saturated heterocycles. The molecule has 1 aliphatic carbocycles. The molecule has 140 valence electrons. The zero-order valence-electron chi connectivity index (χ0n) is 15.0. The van der Waals surface area contributed by atoms with E-state index in [9.17, 15) is 9.59 Å². The van der Waals surface area contributed by atoms with Crippen molar-refractivity contribution in [2.75, 3.05) is 23.3 Å². The summed E-state index contributed by atoms with van der Waals surface area (Å²) in [6.45, 7) is 1.93. The standard InChI is InChI=1S/C21H22BrN3O2/c22-15-5-3-14(4-6-15)20(26)24-17-9-10-19(25-11-1-2-12-25)18(13-17)21(27)23-16-7-8-16/h3-6,9-10,13,16H,1-2,7-8,11-12H2,(H,23,27)(H,24,26). The summed E-state index contributed by atoms with van der Waals surface area (Å²) in [5.41, 5.74) is 2.79. The van der Waals surface area contributed by atoms with Crippen LogP contribution >= 0.6 is 15.9 Å². The zero-order chi connectivity index (χ0) is 18.8. The summed E-state index contributed by atoms with van der Waals surface area (Å²) in [6, 6.07) is 13.1. The second kappa shape index (κ2) is 7.72. The van der Waals surface area contributed by atoms with E-state index in [1.54, 1.807) is 18.2 Å². The fourth-order valence-electron chi connectivity index (χ4n) is 3.32. The van der Waals surface area contributed by atoms with Gasteiger partial charge in [-0.2, -0.15) is 0 Å². The number of hydrogen-bond acceptors (Lipinski definition) is 3. The Balaban J connectivity index is 1.58. The fourth-order valence-corrected chi connectivity index (χ4v) is 3.59. The first-order valence-corrected chi connectivity index (χ1v) is 10.2. The van der Waals surface area contributed by atoms with Crippen molar-refractivity contribution < 1.29 is 9.59 Å². The number of carbonyl (C=O) groups excluding carboxylic acids is 2. The van der Waals surface area contributed by atoms with Crippen LogP contribution in [0.4, 0.5) is 11.4 Å². The van der Waals surface area contributed by atoms with Gasteiger partial charge in [-0.15, -0.1) is 0 Å². The largest absolute Gasteiger partial charge is 0.371 e. The van der Waals surface area contributed by atoms with E-state index in [2.05, 4.69) is 31.5 Å². The summed E-state index contributed by atoms with van der Waals surface area (Å²) in [5.74, 6) is -0.246. The summed E-state index contributed by atoms with van der Waals surface area (Å²) in [7, 11) is 0. The third-order valence-corrected chi connectivity index (χ3v) is 5.49. The number of nitrogens with zero attached hydrogens (tertiary/aromatic N) is 1. The molecule has 4 rings (SSSR count). The molecule has 2 fully saturated rings. The monoisotopic (exact) mass is 427 g/mol. The molecule has 6 heteroatoms. The molecule has 1 aliphatic heterocycles. The minimum atomic E-state index is -0.190. The van der Waals surface area contributed by atoms with Crippen molar-refractivity contribution in [3.8, 4) is 0 Å². The predicted octanol–water partition coefficient (Wildman–Crippen LogP) is 4.19. The molecule has 0 spiro atoms. The van der Waals surface area contributed by atoms with Crippen LogP contribution in [0.1, 0.15) is 46.4 Å². The van der Waals surface area contributed by atoms with Crippen LogP contribution in [0.2, 0.25) is 0 Å². The molecule has 27 heavy (non-hydrogen) atoms. The van der Waals surface area contributed by atoms with Crippen molar-refractivity contribution in [3.05, 3.63) is 58.1 Å². The molecular formula is C21H22BrN3O2. The first kappa shape index (κ1) is 18.0. The number of carbonyl (C=O) groups is 2. The number of halogens is 1. The van der Waals surface area contributed by atoms with Crippen molar-refractivity contribution in [2.24, 2.45) is 0 Å². The number of rotatable bonds is 5. The Morgan fingerprint density at radius 1 is 0.963 bits per heavy atom. The minimum absolute atomic E-state index is 0.0564. The first-order valence-electron chi connectivity index (χ1n) is 9.37. The van der Waals surface area contributed by atoms with E-state index >= 15 is 0 Å². The highest BCUT2D eigenvalue weighted by molar-refractivity contribution is 9.10. The van der Waals surface area contributed by atoms with Gasteiger partial charge in [0.2, 0.25) is 0 Å². The highest BCUT2D eigenvalue weighted by Crippen LogP contribution is 2.29. The van der Waals surface area contributed by atoms with Crippen LogP contribution in [0.3, 0.4) is 0 Å². The highest BCUT2D eigenvalue weighted by Gasteiger charge is 2.26. The van der Waals surface area contributed by atoms with E-state index < -0.39 is 0 Å². The highest BCUT2D eigenvalue weighted by atomic mass is 79.9. The Kier molecular flexibility index (Phi) is 5.16. The lowest BCUT2D eigenvalue weighted by Gasteiger charge is -2.22. The molecule has 0 atom stereocenters. The van der Waals surface area contributed by atoms with Crippen LogP contribution in [0.15, 0.2) is 46.9 Å². The van der Waals surface area contributed by atoms with Crippen molar-refractivity contribution in [3.63, 3.8) is 0 Å². The normalized spacial score (nSPS) is 16.3. The van der Waals surface area contributed by atoms with E-state index in [1.807, 2.05) is 24.3 Å². The fraction of sp³-hybridized carbons (Fsp3) is 0.333. The summed E-state index contributed by atoms with van der Waals surface area (Å²) < 4.78 is 0.924.